The maximum atomic E-state index is 5.26. The summed E-state index contributed by atoms with van der Waals surface area (Å²) in [6.07, 6.45) is 1.24. The number of nitrogens with zero attached hydrogens (tertiary/aromatic N) is 2. The van der Waals surface area contributed by atoms with Crippen LogP contribution in [0, 0.1) is 5.41 Å². The molecule has 1 aliphatic heterocycles. The third-order valence-electron chi connectivity index (χ3n) is 3.53. The van der Waals surface area contributed by atoms with Crippen LogP contribution < -0.4 is 10.2 Å². The Morgan fingerprint density at radius 2 is 2.26 bits per heavy atom. The largest absolute Gasteiger partial charge is 0.378 e. The summed E-state index contributed by atoms with van der Waals surface area (Å²) in [5, 5.41) is 4.54. The molecule has 1 saturated heterocycles. The molecular formula is C14H25N3OS. The fourth-order valence-electron chi connectivity index (χ4n) is 2.41. The third kappa shape index (κ3) is 3.68. The van der Waals surface area contributed by atoms with E-state index in [2.05, 4.69) is 31.0 Å². The molecule has 0 atom stereocenters. The summed E-state index contributed by atoms with van der Waals surface area (Å²) in [4.78, 5) is 8.50. The highest BCUT2D eigenvalue weighted by atomic mass is 32.1. The molecule has 0 spiro atoms. The number of anilines is 1. The Hall–Kier alpha value is -0.650. The van der Waals surface area contributed by atoms with Crippen LogP contribution in [0.3, 0.4) is 0 Å². The van der Waals surface area contributed by atoms with Crippen LogP contribution in [0.5, 0.6) is 0 Å². The zero-order chi connectivity index (χ0) is 13.9. The number of ether oxygens (including phenoxy) is 1. The van der Waals surface area contributed by atoms with Crippen molar-refractivity contribution in [3.8, 4) is 0 Å². The van der Waals surface area contributed by atoms with Crippen molar-refractivity contribution in [2.75, 3.05) is 31.6 Å². The summed E-state index contributed by atoms with van der Waals surface area (Å²) in [7, 11) is 1.73. The van der Waals surface area contributed by atoms with Gasteiger partial charge in [-0.3, -0.25) is 0 Å². The molecule has 108 valence electrons. The van der Waals surface area contributed by atoms with E-state index in [9.17, 15) is 0 Å². The molecule has 1 aliphatic rings. The summed E-state index contributed by atoms with van der Waals surface area (Å²) < 4.78 is 5.26. The fraction of sp³-hybridized carbons (Fsp3) is 0.786. The van der Waals surface area contributed by atoms with Gasteiger partial charge >= 0.3 is 0 Å². The molecule has 2 rings (SSSR count). The van der Waals surface area contributed by atoms with Crippen LogP contribution >= 0.6 is 11.3 Å². The van der Waals surface area contributed by atoms with Crippen molar-refractivity contribution >= 4 is 16.5 Å². The number of hydrogen-bond donors (Lipinski definition) is 1. The molecule has 5 heteroatoms. The van der Waals surface area contributed by atoms with Crippen molar-refractivity contribution in [3.63, 3.8) is 0 Å². The van der Waals surface area contributed by atoms with Gasteiger partial charge in [-0.25, -0.2) is 4.98 Å². The summed E-state index contributed by atoms with van der Waals surface area (Å²) in [6.45, 7) is 11.5. The maximum Gasteiger partial charge on any atom is 0.185 e. The number of nitrogens with one attached hydrogen (secondary N) is 1. The van der Waals surface area contributed by atoms with Crippen LogP contribution in [0.4, 0.5) is 5.13 Å². The first-order chi connectivity index (χ1) is 9.05. The van der Waals surface area contributed by atoms with Gasteiger partial charge in [-0.1, -0.05) is 20.8 Å². The van der Waals surface area contributed by atoms with Crippen LogP contribution in [0.25, 0.3) is 0 Å². The van der Waals surface area contributed by atoms with Crippen LogP contribution in [-0.2, 0) is 17.9 Å². The Morgan fingerprint density at radius 1 is 1.47 bits per heavy atom. The Balaban J connectivity index is 2.13. The highest BCUT2D eigenvalue weighted by Crippen LogP contribution is 2.35. The minimum absolute atomic E-state index is 0.412. The maximum absolute atomic E-state index is 5.26. The molecule has 0 aromatic carbocycles. The number of aromatic nitrogens is 1. The average molecular weight is 283 g/mol. The Labute approximate surface area is 120 Å². The summed E-state index contributed by atoms with van der Waals surface area (Å²) in [5.74, 6) is 0. The molecule has 0 bridgehead atoms. The van der Waals surface area contributed by atoms with Crippen molar-refractivity contribution in [3.05, 3.63) is 10.6 Å². The van der Waals surface area contributed by atoms with E-state index in [0.29, 0.717) is 12.0 Å². The smallest absolute Gasteiger partial charge is 0.185 e. The molecule has 1 fully saturated rings. The zero-order valence-corrected chi connectivity index (χ0v) is 13.3. The first kappa shape index (κ1) is 14.8. The van der Waals surface area contributed by atoms with Crippen molar-refractivity contribution in [2.24, 2.45) is 5.41 Å². The van der Waals surface area contributed by atoms with Crippen molar-refractivity contribution < 1.29 is 4.74 Å². The lowest BCUT2D eigenvalue weighted by atomic mass is 9.93. The third-order valence-corrected chi connectivity index (χ3v) is 4.69. The van der Waals surface area contributed by atoms with E-state index >= 15 is 0 Å². The Bertz CT molecular complexity index is 417. The minimum atomic E-state index is 0.412. The predicted molar refractivity (Wildman–Crippen MR) is 80.8 cm³/mol. The first-order valence-corrected chi connectivity index (χ1v) is 7.80. The fourth-order valence-corrected chi connectivity index (χ4v) is 3.46. The van der Waals surface area contributed by atoms with Gasteiger partial charge in [0.25, 0.3) is 0 Å². The molecule has 0 radical (unpaired) electrons. The van der Waals surface area contributed by atoms with Crippen molar-refractivity contribution in [1.29, 1.82) is 0 Å². The average Bonchev–Trinajstić information content (AvgIpc) is 2.91. The van der Waals surface area contributed by atoms with Crippen molar-refractivity contribution in [2.45, 2.75) is 40.3 Å². The topological polar surface area (TPSA) is 37.4 Å². The highest BCUT2D eigenvalue weighted by Gasteiger charge is 2.31. The Kier molecular flexibility index (Phi) is 4.81. The summed E-state index contributed by atoms with van der Waals surface area (Å²) in [6, 6.07) is 0. The minimum Gasteiger partial charge on any atom is -0.378 e. The van der Waals surface area contributed by atoms with Gasteiger partial charge in [0.15, 0.2) is 5.13 Å². The summed E-state index contributed by atoms with van der Waals surface area (Å²) >= 11 is 1.81. The lowest BCUT2D eigenvalue weighted by Gasteiger charge is -2.18. The molecule has 1 aromatic heterocycles. The molecule has 0 saturated carbocycles. The normalized spacial score (nSPS) is 18.2. The molecule has 2 heterocycles. The molecule has 1 N–H and O–H groups in total. The lowest BCUT2D eigenvalue weighted by Crippen LogP contribution is -2.22. The molecular weight excluding hydrogens is 258 g/mol. The van der Waals surface area contributed by atoms with Crippen LogP contribution in [0.1, 0.15) is 37.8 Å². The second-order valence-electron chi connectivity index (χ2n) is 5.92. The number of rotatable bonds is 6. The van der Waals surface area contributed by atoms with Gasteiger partial charge in [-0.05, 0) is 18.4 Å². The van der Waals surface area contributed by atoms with Crippen molar-refractivity contribution in [1.82, 2.24) is 10.3 Å². The van der Waals surface area contributed by atoms with E-state index in [4.69, 9.17) is 9.72 Å². The van der Waals surface area contributed by atoms with Gasteiger partial charge in [0.2, 0.25) is 0 Å². The lowest BCUT2D eigenvalue weighted by molar-refractivity contribution is 0.181. The van der Waals surface area contributed by atoms with E-state index in [1.807, 2.05) is 11.3 Å². The number of thiazole rings is 1. The van der Waals surface area contributed by atoms with Gasteiger partial charge in [0.1, 0.15) is 0 Å². The molecule has 4 nitrogen and oxygen atoms in total. The van der Waals surface area contributed by atoms with Gasteiger partial charge in [0, 0.05) is 31.6 Å². The van der Waals surface area contributed by atoms with E-state index in [-0.39, 0.29) is 0 Å². The zero-order valence-electron chi connectivity index (χ0n) is 12.5. The van der Waals surface area contributed by atoms with E-state index in [1.54, 1.807) is 7.11 Å². The quantitative estimate of drug-likeness (QED) is 0.871. The standard InChI is InChI=1S/C14H25N3OS/c1-5-15-8-12-11(9-18-4)16-13(19-12)17-7-6-14(2,3)10-17/h15H,5-10H2,1-4H3. The van der Waals surface area contributed by atoms with Crippen LogP contribution in [0.15, 0.2) is 0 Å². The predicted octanol–water partition coefficient (Wildman–Crippen LogP) is 2.64. The summed E-state index contributed by atoms with van der Waals surface area (Å²) in [5.41, 5.74) is 1.50. The van der Waals surface area contributed by atoms with Gasteiger partial charge in [-0.15, -0.1) is 11.3 Å². The monoisotopic (exact) mass is 283 g/mol. The Morgan fingerprint density at radius 3 is 2.84 bits per heavy atom. The van der Waals surface area contributed by atoms with Crippen LogP contribution in [0.2, 0.25) is 0 Å². The van der Waals surface area contributed by atoms with Crippen LogP contribution in [-0.4, -0.2) is 31.7 Å². The van der Waals surface area contributed by atoms with Gasteiger partial charge < -0.3 is 15.0 Å². The number of methoxy groups -OCH3 is 1. The molecule has 19 heavy (non-hydrogen) atoms. The second-order valence-corrected chi connectivity index (χ2v) is 6.98. The van der Waals surface area contributed by atoms with E-state index in [1.165, 1.54) is 11.3 Å². The molecule has 0 amide bonds. The highest BCUT2D eigenvalue weighted by molar-refractivity contribution is 7.15. The van der Waals surface area contributed by atoms with E-state index in [0.717, 1.165) is 37.0 Å². The first-order valence-electron chi connectivity index (χ1n) is 6.99. The SMILES string of the molecule is CCNCc1sc(N2CCC(C)(C)C2)nc1COC. The van der Waals surface area contributed by atoms with E-state index < -0.39 is 0 Å². The second kappa shape index (κ2) is 6.20. The number of hydrogen-bond acceptors (Lipinski definition) is 5. The molecule has 0 aliphatic carbocycles. The molecule has 0 unspecified atom stereocenters. The van der Waals surface area contributed by atoms with Gasteiger partial charge in [0.05, 0.1) is 12.3 Å². The molecule has 1 aromatic rings. The van der Waals surface area contributed by atoms with Gasteiger partial charge in [-0.2, -0.15) is 0 Å².